The molecule has 1 aromatic heterocycles. The van der Waals surface area contributed by atoms with E-state index in [0.717, 1.165) is 0 Å². The van der Waals surface area contributed by atoms with Gasteiger partial charge in [0.25, 0.3) is 12.0 Å². The van der Waals surface area contributed by atoms with Crippen LogP contribution >= 0.6 is 15.9 Å². The van der Waals surface area contributed by atoms with Gasteiger partial charge in [-0.2, -0.15) is 0 Å². The van der Waals surface area contributed by atoms with Crippen molar-refractivity contribution < 1.29 is 18.3 Å². The monoisotopic (exact) mass is 309 g/mol. The minimum Gasteiger partial charge on any atom is -0.466 e. The lowest BCUT2D eigenvalue weighted by Crippen LogP contribution is -2.19. The van der Waals surface area contributed by atoms with Gasteiger partial charge in [-0.25, -0.2) is 8.78 Å². The molecule has 0 spiro atoms. The van der Waals surface area contributed by atoms with E-state index in [9.17, 15) is 18.4 Å². The van der Waals surface area contributed by atoms with Crippen molar-refractivity contribution in [1.82, 2.24) is 4.98 Å². The number of aromatic amines is 1. The van der Waals surface area contributed by atoms with Gasteiger partial charge in [-0.1, -0.05) is 0 Å². The van der Waals surface area contributed by atoms with Crippen LogP contribution in [0.1, 0.15) is 24.5 Å². The third-order valence-corrected chi connectivity index (χ3v) is 2.41. The SMILES string of the molecule is CCOC(=O)Cc1cc(Br)[nH]c(=O)c1C(F)F. The van der Waals surface area contributed by atoms with Gasteiger partial charge < -0.3 is 9.72 Å². The van der Waals surface area contributed by atoms with E-state index in [1.54, 1.807) is 6.92 Å². The van der Waals surface area contributed by atoms with E-state index in [1.165, 1.54) is 6.07 Å². The molecule has 0 atom stereocenters. The van der Waals surface area contributed by atoms with Crippen molar-refractivity contribution in [3.05, 3.63) is 32.2 Å². The Labute approximate surface area is 104 Å². The van der Waals surface area contributed by atoms with Crippen LogP contribution in [0.2, 0.25) is 0 Å². The summed E-state index contributed by atoms with van der Waals surface area (Å²) >= 11 is 2.97. The zero-order valence-electron chi connectivity index (χ0n) is 8.93. The molecule has 0 unspecified atom stereocenters. The van der Waals surface area contributed by atoms with Gasteiger partial charge in [0.2, 0.25) is 0 Å². The Morgan fingerprint density at radius 1 is 1.59 bits per heavy atom. The van der Waals surface area contributed by atoms with Gasteiger partial charge >= 0.3 is 5.97 Å². The summed E-state index contributed by atoms with van der Waals surface area (Å²) in [5.41, 5.74) is -1.64. The molecule has 1 heterocycles. The number of pyridine rings is 1. The Morgan fingerprint density at radius 2 is 2.24 bits per heavy atom. The molecule has 1 N–H and O–H groups in total. The minimum absolute atomic E-state index is 0.0333. The summed E-state index contributed by atoms with van der Waals surface area (Å²) in [5, 5.41) is 0. The largest absolute Gasteiger partial charge is 0.466 e. The topological polar surface area (TPSA) is 59.2 Å². The number of alkyl halides is 2. The highest BCUT2D eigenvalue weighted by Gasteiger charge is 2.20. The van der Waals surface area contributed by atoms with Crippen molar-refractivity contribution in [2.45, 2.75) is 19.8 Å². The Hall–Kier alpha value is -1.24. The van der Waals surface area contributed by atoms with E-state index < -0.39 is 23.5 Å². The number of hydrogen-bond donors (Lipinski definition) is 1. The number of ether oxygens (including phenoxy) is 1. The predicted molar refractivity (Wildman–Crippen MR) is 60.1 cm³/mol. The number of nitrogens with one attached hydrogen (secondary N) is 1. The van der Waals surface area contributed by atoms with Crippen molar-refractivity contribution in [2.24, 2.45) is 0 Å². The van der Waals surface area contributed by atoms with Crippen LogP contribution in [0.25, 0.3) is 0 Å². The number of carbonyl (C=O) groups excluding carboxylic acids is 1. The fourth-order valence-electron chi connectivity index (χ4n) is 1.34. The summed E-state index contributed by atoms with van der Waals surface area (Å²) < 4.78 is 30.2. The molecular formula is C10H10BrF2NO3. The van der Waals surface area contributed by atoms with Crippen LogP contribution in [0.3, 0.4) is 0 Å². The maximum Gasteiger partial charge on any atom is 0.310 e. The fraction of sp³-hybridized carbons (Fsp3) is 0.400. The Bertz CT molecular complexity index is 473. The molecule has 0 aliphatic heterocycles. The van der Waals surface area contributed by atoms with Gasteiger partial charge in [-0.3, -0.25) is 9.59 Å². The molecule has 0 aliphatic rings. The number of hydrogen-bond acceptors (Lipinski definition) is 3. The van der Waals surface area contributed by atoms with Crippen molar-refractivity contribution >= 4 is 21.9 Å². The van der Waals surface area contributed by atoms with Crippen LogP contribution in [0.15, 0.2) is 15.5 Å². The predicted octanol–water partition coefficient (Wildman–Crippen LogP) is 2.18. The van der Waals surface area contributed by atoms with E-state index in [4.69, 9.17) is 0 Å². The molecule has 0 amide bonds. The Morgan fingerprint density at radius 3 is 2.76 bits per heavy atom. The number of H-pyrrole nitrogens is 1. The van der Waals surface area contributed by atoms with Crippen LogP contribution in [-0.2, 0) is 16.0 Å². The highest BCUT2D eigenvalue weighted by atomic mass is 79.9. The summed E-state index contributed by atoms with van der Waals surface area (Å²) in [6.45, 7) is 1.77. The van der Waals surface area contributed by atoms with E-state index >= 15 is 0 Å². The van der Waals surface area contributed by atoms with Crippen molar-refractivity contribution in [1.29, 1.82) is 0 Å². The molecule has 4 nitrogen and oxygen atoms in total. The second kappa shape index (κ2) is 5.90. The average molecular weight is 310 g/mol. The van der Waals surface area contributed by atoms with E-state index in [2.05, 4.69) is 25.7 Å². The third kappa shape index (κ3) is 3.62. The first-order chi connectivity index (χ1) is 7.95. The van der Waals surface area contributed by atoms with Crippen LogP contribution in [0.5, 0.6) is 0 Å². The summed E-state index contributed by atoms with van der Waals surface area (Å²) in [5.74, 6) is -0.646. The van der Waals surface area contributed by atoms with Gasteiger partial charge in [0, 0.05) is 0 Å². The number of aromatic nitrogens is 1. The first kappa shape index (κ1) is 13.8. The Kier molecular flexibility index (Phi) is 4.80. The fourth-order valence-corrected chi connectivity index (χ4v) is 1.80. The van der Waals surface area contributed by atoms with E-state index in [-0.39, 0.29) is 23.2 Å². The average Bonchev–Trinajstić information content (AvgIpc) is 2.15. The molecule has 0 aliphatic carbocycles. The lowest BCUT2D eigenvalue weighted by Gasteiger charge is -2.08. The molecule has 0 fully saturated rings. The number of rotatable bonds is 4. The van der Waals surface area contributed by atoms with Crippen LogP contribution in [0.4, 0.5) is 8.78 Å². The zero-order valence-corrected chi connectivity index (χ0v) is 10.5. The van der Waals surface area contributed by atoms with Crippen molar-refractivity contribution in [3.63, 3.8) is 0 Å². The zero-order chi connectivity index (χ0) is 13.0. The maximum atomic E-state index is 12.7. The number of esters is 1. The van der Waals surface area contributed by atoms with E-state index in [1.807, 2.05) is 0 Å². The molecule has 17 heavy (non-hydrogen) atoms. The molecule has 0 saturated carbocycles. The second-order valence-corrected chi connectivity index (χ2v) is 4.02. The standard InChI is InChI=1S/C10H10BrF2NO3/c1-2-17-7(15)4-5-3-6(11)14-10(16)8(5)9(12)13/h3,9H,2,4H2,1H3,(H,14,16). The quantitative estimate of drug-likeness (QED) is 0.685. The molecule has 0 radical (unpaired) electrons. The van der Waals surface area contributed by atoms with Gasteiger partial charge in [0.1, 0.15) is 0 Å². The highest BCUT2D eigenvalue weighted by molar-refractivity contribution is 9.10. The van der Waals surface area contributed by atoms with Crippen LogP contribution in [0, 0.1) is 0 Å². The van der Waals surface area contributed by atoms with Gasteiger partial charge in [-0.15, -0.1) is 0 Å². The third-order valence-electron chi connectivity index (χ3n) is 1.98. The molecule has 94 valence electrons. The summed E-state index contributed by atoms with van der Waals surface area (Å²) in [4.78, 5) is 24.7. The first-order valence-electron chi connectivity index (χ1n) is 4.81. The summed E-state index contributed by atoms with van der Waals surface area (Å²) in [6.07, 6.45) is -3.29. The van der Waals surface area contributed by atoms with Crippen LogP contribution in [-0.4, -0.2) is 17.6 Å². The van der Waals surface area contributed by atoms with E-state index in [0.29, 0.717) is 0 Å². The lowest BCUT2D eigenvalue weighted by molar-refractivity contribution is -0.142. The molecule has 1 aromatic rings. The number of halogens is 3. The molecule has 7 heteroatoms. The summed E-state index contributed by atoms with van der Waals surface area (Å²) in [6, 6.07) is 1.28. The van der Waals surface area contributed by atoms with Crippen molar-refractivity contribution in [3.8, 4) is 0 Å². The normalized spacial score (nSPS) is 10.6. The van der Waals surface area contributed by atoms with Crippen molar-refractivity contribution in [2.75, 3.05) is 6.61 Å². The minimum atomic E-state index is -2.93. The molecular weight excluding hydrogens is 300 g/mol. The highest BCUT2D eigenvalue weighted by Crippen LogP contribution is 2.21. The summed E-state index contributed by atoms with van der Waals surface area (Å²) in [7, 11) is 0. The molecule has 0 aromatic carbocycles. The Balaban J connectivity index is 3.12. The second-order valence-electron chi connectivity index (χ2n) is 3.17. The van der Waals surface area contributed by atoms with Gasteiger partial charge in [-0.05, 0) is 34.5 Å². The molecule has 0 bridgehead atoms. The number of carbonyl (C=O) groups is 1. The molecule has 0 saturated heterocycles. The van der Waals surface area contributed by atoms with Crippen LogP contribution < -0.4 is 5.56 Å². The molecule has 1 rings (SSSR count). The smallest absolute Gasteiger partial charge is 0.310 e. The lowest BCUT2D eigenvalue weighted by atomic mass is 10.1. The van der Waals surface area contributed by atoms with Gasteiger partial charge in [0.15, 0.2) is 0 Å². The first-order valence-corrected chi connectivity index (χ1v) is 5.60. The maximum absolute atomic E-state index is 12.7. The van der Waals surface area contributed by atoms with Gasteiger partial charge in [0.05, 0.1) is 23.2 Å².